The van der Waals surface area contributed by atoms with Gasteiger partial charge in [0.25, 0.3) is 5.91 Å². The first-order valence-electron chi connectivity index (χ1n) is 9.34. The van der Waals surface area contributed by atoms with Crippen LogP contribution in [0, 0.1) is 0 Å². The third-order valence-electron chi connectivity index (χ3n) is 4.55. The average molecular weight is 452 g/mol. The van der Waals surface area contributed by atoms with Gasteiger partial charge in [-0.1, -0.05) is 35.9 Å². The van der Waals surface area contributed by atoms with E-state index in [4.69, 9.17) is 16.3 Å². The Morgan fingerprint density at radius 3 is 2.33 bits per heavy atom. The van der Waals surface area contributed by atoms with Gasteiger partial charge in [0, 0.05) is 19.6 Å². The highest BCUT2D eigenvalue weighted by molar-refractivity contribution is 7.89. The number of morpholine rings is 1. The van der Waals surface area contributed by atoms with E-state index in [-0.39, 0.29) is 23.9 Å². The normalized spacial score (nSPS) is 14.8. The molecule has 0 aliphatic carbocycles. The van der Waals surface area contributed by atoms with Crippen molar-refractivity contribution >= 4 is 33.4 Å². The summed E-state index contributed by atoms with van der Waals surface area (Å²) in [6.07, 6.45) is 0. The number of hydrogen-bond donors (Lipinski definition) is 2. The summed E-state index contributed by atoms with van der Waals surface area (Å²) in [6.45, 7) is 1.44. The number of carbonyl (C=O) groups is 2. The summed E-state index contributed by atoms with van der Waals surface area (Å²) in [5, 5.41) is 5.50. The van der Waals surface area contributed by atoms with Gasteiger partial charge >= 0.3 is 0 Å². The molecule has 8 nitrogen and oxygen atoms in total. The van der Waals surface area contributed by atoms with Crippen LogP contribution in [-0.2, 0) is 26.1 Å². The van der Waals surface area contributed by atoms with Gasteiger partial charge in [0.2, 0.25) is 15.9 Å². The standard InChI is InChI=1S/C20H22ClN3O5S/c21-18-4-2-1-3-17(18)20(26)23-14-19(25)22-13-15-5-7-16(8-6-15)30(27,28)24-9-11-29-12-10-24/h1-8H,9-14H2,(H,22,25)(H,23,26). The lowest BCUT2D eigenvalue weighted by molar-refractivity contribution is -0.120. The monoisotopic (exact) mass is 451 g/mol. The fourth-order valence-corrected chi connectivity index (χ4v) is 4.51. The van der Waals surface area contributed by atoms with Crippen LogP contribution in [-0.4, -0.2) is 57.4 Å². The van der Waals surface area contributed by atoms with Crippen molar-refractivity contribution in [2.75, 3.05) is 32.8 Å². The maximum atomic E-state index is 12.6. The van der Waals surface area contributed by atoms with Crippen LogP contribution in [0.25, 0.3) is 0 Å². The lowest BCUT2D eigenvalue weighted by Gasteiger charge is -2.26. The second-order valence-corrected chi connectivity index (χ2v) is 8.94. The molecule has 0 saturated carbocycles. The van der Waals surface area contributed by atoms with Crippen molar-refractivity contribution in [3.63, 3.8) is 0 Å². The van der Waals surface area contributed by atoms with Crippen molar-refractivity contribution < 1.29 is 22.7 Å². The van der Waals surface area contributed by atoms with Gasteiger partial charge in [-0.3, -0.25) is 9.59 Å². The zero-order chi connectivity index (χ0) is 21.6. The molecule has 0 aromatic heterocycles. The lowest BCUT2D eigenvalue weighted by Crippen LogP contribution is -2.40. The van der Waals surface area contributed by atoms with Crippen LogP contribution in [0.15, 0.2) is 53.4 Å². The number of rotatable bonds is 7. The predicted octanol–water partition coefficient (Wildman–Crippen LogP) is 1.41. The predicted molar refractivity (Wildman–Crippen MR) is 112 cm³/mol. The molecular weight excluding hydrogens is 430 g/mol. The average Bonchev–Trinajstić information content (AvgIpc) is 2.77. The Morgan fingerprint density at radius 2 is 1.67 bits per heavy atom. The summed E-state index contributed by atoms with van der Waals surface area (Å²) in [7, 11) is -3.55. The van der Waals surface area contributed by atoms with Crippen LogP contribution < -0.4 is 10.6 Å². The summed E-state index contributed by atoms with van der Waals surface area (Å²) in [6, 6.07) is 12.9. The Bertz CT molecular complexity index is 1010. The van der Waals surface area contributed by atoms with Crippen LogP contribution in [0.1, 0.15) is 15.9 Å². The molecule has 1 heterocycles. The van der Waals surface area contributed by atoms with Crippen LogP contribution in [0.2, 0.25) is 5.02 Å². The Morgan fingerprint density at radius 1 is 1.00 bits per heavy atom. The van der Waals surface area contributed by atoms with E-state index in [0.717, 1.165) is 5.56 Å². The molecule has 3 rings (SSSR count). The number of hydrogen-bond acceptors (Lipinski definition) is 5. The molecule has 0 spiro atoms. The first kappa shape index (κ1) is 22.2. The molecule has 2 N–H and O–H groups in total. The molecule has 30 heavy (non-hydrogen) atoms. The van der Waals surface area contributed by atoms with Gasteiger partial charge in [0.05, 0.1) is 35.2 Å². The van der Waals surface area contributed by atoms with Crippen LogP contribution >= 0.6 is 11.6 Å². The van der Waals surface area contributed by atoms with E-state index in [1.54, 1.807) is 36.4 Å². The molecule has 0 atom stereocenters. The van der Waals surface area contributed by atoms with E-state index < -0.39 is 15.9 Å². The molecule has 160 valence electrons. The van der Waals surface area contributed by atoms with Crippen LogP contribution in [0.5, 0.6) is 0 Å². The molecule has 2 aromatic carbocycles. The number of amides is 2. The SMILES string of the molecule is O=C(CNC(=O)c1ccccc1Cl)NCc1ccc(S(=O)(=O)N2CCOCC2)cc1. The minimum Gasteiger partial charge on any atom is -0.379 e. The van der Waals surface area contributed by atoms with Crippen LogP contribution in [0.4, 0.5) is 0 Å². The number of benzene rings is 2. The molecule has 0 bridgehead atoms. The van der Waals surface area contributed by atoms with Gasteiger partial charge in [0.15, 0.2) is 0 Å². The Balaban J connectivity index is 1.49. The molecular formula is C20H22ClN3O5S. The number of nitrogens with one attached hydrogen (secondary N) is 2. The van der Waals surface area contributed by atoms with Gasteiger partial charge in [-0.2, -0.15) is 4.31 Å². The van der Waals surface area contributed by atoms with Crippen molar-refractivity contribution in [3.05, 3.63) is 64.7 Å². The second-order valence-electron chi connectivity index (χ2n) is 6.60. The minimum atomic E-state index is -3.55. The largest absolute Gasteiger partial charge is 0.379 e. The molecule has 1 saturated heterocycles. The summed E-state index contributed by atoms with van der Waals surface area (Å²) in [5.41, 5.74) is 1.03. The minimum absolute atomic E-state index is 0.200. The van der Waals surface area contributed by atoms with Gasteiger partial charge in [-0.25, -0.2) is 8.42 Å². The fourth-order valence-electron chi connectivity index (χ4n) is 2.88. The van der Waals surface area contributed by atoms with Gasteiger partial charge in [-0.15, -0.1) is 0 Å². The number of nitrogens with zero attached hydrogens (tertiary/aromatic N) is 1. The van der Waals surface area contributed by atoms with Gasteiger partial charge in [0.1, 0.15) is 0 Å². The van der Waals surface area contributed by atoms with E-state index in [0.29, 0.717) is 36.9 Å². The highest BCUT2D eigenvalue weighted by Gasteiger charge is 2.26. The van der Waals surface area contributed by atoms with Gasteiger partial charge in [-0.05, 0) is 29.8 Å². The smallest absolute Gasteiger partial charge is 0.253 e. The van der Waals surface area contributed by atoms with E-state index in [9.17, 15) is 18.0 Å². The van der Waals surface area contributed by atoms with Crippen molar-refractivity contribution in [3.8, 4) is 0 Å². The molecule has 0 radical (unpaired) electrons. The molecule has 10 heteroatoms. The summed E-state index contributed by atoms with van der Waals surface area (Å²) >= 11 is 5.96. The molecule has 0 unspecified atom stereocenters. The number of carbonyl (C=O) groups excluding carboxylic acids is 2. The topological polar surface area (TPSA) is 105 Å². The molecule has 1 aliphatic heterocycles. The van der Waals surface area contributed by atoms with E-state index in [1.165, 1.54) is 16.4 Å². The maximum Gasteiger partial charge on any atom is 0.253 e. The van der Waals surface area contributed by atoms with E-state index >= 15 is 0 Å². The van der Waals surface area contributed by atoms with E-state index in [1.807, 2.05) is 0 Å². The van der Waals surface area contributed by atoms with Crippen molar-refractivity contribution in [1.29, 1.82) is 0 Å². The third-order valence-corrected chi connectivity index (χ3v) is 6.79. The zero-order valence-corrected chi connectivity index (χ0v) is 17.7. The highest BCUT2D eigenvalue weighted by Crippen LogP contribution is 2.18. The first-order valence-corrected chi connectivity index (χ1v) is 11.2. The number of halogens is 1. The molecule has 1 aliphatic rings. The molecule has 2 amide bonds. The van der Waals surface area contributed by atoms with E-state index in [2.05, 4.69) is 10.6 Å². The summed E-state index contributed by atoms with van der Waals surface area (Å²) in [5.74, 6) is -0.811. The molecule has 1 fully saturated rings. The Kier molecular flexibility index (Phi) is 7.43. The Hall–Kier alpha value is -2.46. The first-order chi connectivity index (χ1) is 14.4. The second kappa shape index (κ2) is 10.0. The Labute approximate surface area is 180 Å². The van der Waals surface area contributed by atoms with Gasteiger partial charge < -0.3 is 15.4 Å². The van der Waals surface area contributed by atoms with Crippen molar-refractivity contribution in [2.45, 2.75) is 11.4 Å². The highest BCUT2D eigenvalue weighted by atomic mass is 35.5. The quantitative estimate of drug-likeness (QED) is 0.662. The zero-order valence-electron chi connectivity index (χ0n) is 16.1. The summed E-state index contributed by atoms with van der Waals surface area (Å²) in [4.78, 5) is 24.3. The number of sulfonamides is 1. The summed E-state index contributed by atoms with van der Waals surface area (Å²) < 4.78 is 31.8. The van der Waals surface area contributed by atoms with Crippen LogP contribution in [0.3, 0.4) is 0 Å². The van der Waals surface area contributed by atoms with Crippen molar-refractivity contribution in [2.24, 2.45) is 0 Å². The maximum absolute atomic E-state index is 12.6. The fraction of sp³-hybridized carbons (Fsp3) is 0.300. The third kappa shape index (κ3) is 5.57. The number of ether oxygens (including phenoxy) is 1. The molecule has 2 aromatic rings. The van der Waals surface area contributed by atoms with Crippen molar-refractivity contribution in [1.82, 2.24) is 14.9 Å². The lowest BCUT2D eigenvalue weighted by atomic mass is 10.2.